The van der Waals surface area contributed by atoms with Gasteiger partial charge in [0, 0.05) is 5.75 Å². The van der Waals surface area contributed by atoms with Gasteiger partial charge in [0.05, 0.1) is 0 Å². The van der Waals surface area contributed by atoms with Crippen LogP contribution < -0.4 is 0 Å². The molecule has 0 aromatic heterocycles. The van der Waals surface area contributed by atoms with Crippen molar-refractivity contribution in [2.75, 3.05) is 5.75 Å². The second kappa shape index (κ2) is 5.24. The fourth-order valence-electron chi connectivity index (χ4n) is 0.271. The van der Waals surface area contributed by atoms with Crippen LogP contribution in [0.5, 0.6) is 0 Å². The minimum absolute atomic E-state index is 0.793. The molecule has 0 N–H and O–H groups in total. The van der Waals surface area contributed by atoms with Crippen LogP contribution >= 0.6 is 21.6 Å². The maximum absolute atomic E-state index is 3.79. The van der Waals surface area contributed by atoms with Crippen LogP contribution in [0, 0.1) is 5.92 Å². The van der Waals surface area contributed by atoms with Crippen molar-refractivity contribution in [3.05, 3.63) is 11.5 Å². The molecule has 0 nitrogen and oxygen atoms in total. The van der Waals surface area contributed by atoms with E-state index >= 15 is 0 Å². The molecule has 54 valence electrons. The fourth-order valence-corrected chi connectivity index (χ4v) is 2.44. The van der Waals surface area contributed by atoms with Gasteiger partial charge in [-0.2, -0.15) is 0 Å². The lowest BCUT2D eigenvalue weighted by Crippen LogP contribution is -1.87. The molecule has 0 aromatic carbocycles. The molecule has 0 rings (SSSR count). The molecule has 0 amide bonds. The molecule has 0 unspecified atom stereocenters. The first-order valence-corrected chi connectivity index (χ1v) is 5.39. The second-order valence-electron chi connectivity index (χ2n) is 2.46. The zero-order valence-corrected chi connectivity index (χ0v) is 7.94. The highest BCUT2D eigenvalue weighted by molar-refractivity contribution is 8.78. The lowest BCUT2D eigenvalue weighted by molar-refractivity contribution is 0.752. The predicted octanol–water partition coefficient (Wildman–Crippen LogP) is 3.56. The Morgan fingerprint density at radius 2 is 2.11 bits per heavy atom. The van der Waals surface area contributed by atoms with Gasteiger partial charge in [0.15, 0.2) is 0 Å². The number of rotatable bonds is 4. The zero-order valence-electron chi connectivity index (χ0n) is 6.31. The summed E-state index contributed by atoms with van der Waals surface area (Å²) in [5.74, 6) is 2.01. The first kappa shape index (κ1) is 9.44. The Kier molecular flexibility index (Phi) is 5.50. The predicted molar refractivity (Wildman–Crippen MR) is 49.7 cm³/mol. The molecule has 0 bridgehead atoms. The summed E-state index contributed by atoms with van der Waals surface area (Å²) in [6.45, 7) is 10.3. The molecular weight excluding hydrogens is 148 g/mol. The maximum atomic E-state index is 3.79. The van der Waals surface area contributed by atoms with Crippen molar-refractivity contribution in [3.8, 4) is 0 Å². The van der Waals surface area contributed by atoms with Crippen molar-refractivity contribution in [1.29, 1.82) is 0 Å². The molecule has 2 heteroatoms. The molecule has 0 aromatic rings. The number of hydrogen-bond donors (Lipinski definition) is 0. The standard InChI is InChI=1S/C7H14S2/c1-6(2)5-8-9-7(3)4/h6H,3,5H2,1-2,4H3. The van der Waals surface area contributed by atoms with Gasteiger partial charge in [-0.25, -0.2) is 0 Å². The van der Waals surface area contributed by atoms with Crippen LogP contribution in [-0.4, -0.2) is 5.75 Å². The normalized spacial score (nSPS) is 10.2. The van der Waals surface area contributed by atoms with Gasteiger partial charge in [0.1, 0.15) is 0 Å². The van der Waals surface area contributed by atoms with E-state index in [0.29, 0.717) is 0 Å². The Morgan fingerprint density at radius 1 is 1.56 bits per heavy atom. The van der Waals surface area contributed by atoms with Gasteiger partial charge < -0.3 is 0 Å². The monoisotopic (exact) mass is 162 g/mol. The van der Waals surface area contributed by atoms with Gasteiger partial charge in [-0.05, 0) is 17.7 Å². The van der Waals surface area contributed by atoms with Crippen LogP contribution in [0.2, 0.25) is 0 Å². The molecule has 9 heavy (non-hydrogen) atoms. The molecule has 0 heterocycles. The molecule has 0 spiro atoms. The number of hydrogen-bond acceptors (Lipinski definition) is 2. The van der Waals surface area contributed by atoms with E-state index in [2.05, 4.69) is 20.4 Å². The minimum Gasteiger partial charge on any atom is -0.0890 e. The first-order valence-electron chi connectivity index (χ1n) is 3.08. The van der Waals surface area contributed by atoms with Crippen molar-refractivity contribution < 1.29 is 0 Å². The van der Waals surface area contributed by atoms with Crippen LogP contribution in [0.4, 0.5) is 0 Å². The van der Waals surface area contributed by atoms with Crippen LogP contribution in [-0.2, 0) is 0 Å². The van der Waals surface area contributed by atoms with Crippen LogP contribution in [0.3, 0.4) is 0 Å². The highest BCUT2D eigenvalue weighted by Gasteiger charge is 1.93. The first-order chi connectivity index (χ1) is 4.13. The molecule has 0 radical (unpaired) electrons. The van der Waals surface area contributed by atoms with Crippen molar-refractivity contribution in [1.82, 2.24) is 0 Å². The van der Waals surface area contributed by atoms with E-state index in [-0.39, 0.29) is 0 Å². The molecule has 0 atom stereocenters. The number of allylic oxidation sites excluding steroid dienone is 1. The van der Waals surface area contributed by atoms with Gasteiger partial charge in [-0.15, -0.1) is 0 Å². The molecule has 0 aliphatic carbocycles. The summed E-state index contributed by atoms with van der Waals surface area (Å²) < 4.78 is 0. The molecule has 0 saturated heterocycles. The second-order valence-corrected chi connectivity index (χ2v) is 5.10. The van der Waals surface area contributed by atoms with Gasteiger partial charge in [-0.1, -0.05) is 42.0 Å². The maximum Gasteiger partial charge on any atom is 0.00633 e. The third kappa shape index (κ3) is 8.44. The molecule has 0 aliphatic rings. The Bertz CT molecular complexity index is 86.9. The fraction of sp³-hybridized carbons (Fsp3) is 0.714. The average Bonchev–Trinajstić information content (AvgIpc) is 1.63. The largest absolute Gasteiger partial charge is 0.0890 e. The summed E-state index contributed by atoms with van der Waals surface area (Å²) in [6.07, 6.45) is 0. The van der Waals surface area contributed by atoms with E-state index in [9.17, 15) is 0 Å². The summed E-state index contributed by atoms with van der Waals surface area (Å²) in [5.41, 5.74) is 0. The lowest BCUT2D eigenvalue weighted by atomic mass is 10.3. The van der Waals surface area contributed by atoms with E-state index in [0.717, 1.165) is 5.92 Å². The van der Waals surface area contributed by atoms with Crippen molar-refractivity contribution in [2.24, 2.45) is 5.92 Å². The zero-order chi connectivity index (χ0) is 7.28. The summed E-state index contributed by atoms with van der Waals surface area (Å²) in [4.78, 5) is 1.20. The average molecular weight is 162 g/mol. The molecule has 0 aliphatic heterocycles. The Balaban J connectivity index is 3.01. The molecule has 0 fully saturated rings. The van der Waals surface area contributed by atoms with Crippen LogP contribution in [0.25, 0.3) is 0 Å². The quantitative estimate of drug-likeness (QED) is 0.580. The Morgan fingerprint density at radius 3 is 2.44 bits per heavy atom. The highest BCUT2D eigenvalue weighted by atomic mass is 33.1. The highest BCUT2D eigenvalue weighted by Crippen LogP contribution is 2.29. The van der Waals surface area contributed by atoms with E-state index in [1.165, 1.54) is 10.7 Å². The van der Waals surface area contributed by atoms with E-state index in [1.54, 1.807) is 10.8 Å². The SMILES string of the molecule is C=C(C)SSCC(C)C. The molecule has 0 saturated carbocycles. The van der Waals surface area contributed by atoms with Gasteiger partial charge in [-0.3, -0.25) is 0 Å². The van der Waals surface area contributed by atoms with E-state index in [4.69, 9.17) is 0 Å². The third-order valence-corrected chi connectivity index (χ3v) is 3.42. The lowest BCUT2D eigenvalue weighted by Gasteiger charge is -2.01. The van der Waals surface area contributed by atoms with Crippen molar-refractivity contribution >= 4 is 21.6 Å². The van der Waals surface area contributed by atoms with Gasteiger partial charge in [0.25, 0.3) is 0 Å². The van der Waals surface area contributed by atoms with E-state index in [1.807, 2.05) is 17.7 Å². The van der Waals surface area contributed by atoms with Crippen molar-refractivity contribution in [2.45, 2.75) is 20.8 Å². The van der Waals surface area contributed by atoms with Crippen molar-refractivity contribution in [3.63, 3.8) is 0 Å². The Hall–Kier alpha value is 0.440. The van der Waals surface area contributed by atoms with Gasteiger partial charge >= 0.3 is 0 Å². The molecular formula is C7H14S2. The summed E-state index contributed by atoms with van der Waals surface area (Å²) in [5, 5.41) is 0. The Labute approximate surface area is 65.9 Å². The minimum atomic E-state index is 0.793. The summed E-state index contributed by atoms with van der Waals surface area (Å²) in [6, 6.07) is 0. The summed E-state index contributed by atoms with van der Waals surface area (Å²) in [7, 11) is 3.67. The van der Waals surface area contributed by atoms with Crippen LogP contribution in [0.1, 0.15) is 20.8 Å². The van der Waals surface area contributed by atoms with E-state index < -0.39 is 0 Å². The third-order valence-electron chi connectivity index (χ3n) is 0.603. The summed E-state index contributed by atoms with van der Waals surface area (Å²) >= 11 is 0. The van der Waals surface area contributed by atoms with Gasteiger partial charge in [0.2, 0.25) is 0 Å². The van der Waals surface area contributed by atoms with Crippen LogP contribution in [0.15, 0.2) is 11.5 Å². The smallest absolute Gasteiger partial charge is 0.00633 e. The topological polar surface area (TPSA) is 0 Å².